The van der Waals surface area contributed by atoms with Gasteiger partial charge in [0.25, 0.3) is 0 Å². The van der Waals surface area contributed by atoms with Crippen LogP contribution in [-0.4, -0.2) is 30.2 Å². The zero-order chi connectivity index (χ0) is 13.5. The molecular formula is C18H32N+. The fourth-order valence-corrected chi connectivity index (χ4v) is 5.37. The monoisotopic (exact) mass is 262 g/mol. The van der Waals surface area contributed by atoms with Crippen LogP contribution < -0.4 is 0 Å². The average Bonchev–Trinajstić information content (AvgIpc) is 2.69. The van der Waals surface area contributed by atoms with Crippen molar-refractivity contribution in [3.05, 3.63) is 11.1 Å². The van der Waals surface area contributed by atoms with Crippen molar-refractivity contribution in [2.24, 2.45) is 5.92 Å². The van der Waals surface area contributed by atoms with Crippen LogP contribution in [0.3, 0.4) is 0 Å². The van der Waals surface area contributed by atoms with Gasteiger partial charge in [0.15, 0.2) is 0 Å². The molecule has 3 atom stereocenters. The number of hydrogen-bond acceptors (Lipinski definition) is 0. The van der Waals surface area contributed by atoms with Gasteiger partial charge < -0.3 is 4.48 Å². The molecule has 1 aliphatic carbocycles. The summed E-state index contributed by atoms with van der Waals surface area (Å²) in [6.07, 6.45) is 12.9. The predicted molar refractivity (Wildman–Crippen MR) is 82.1 cm³/mol. The van der Waals surface area contributed by atoms with E-state index in [1.807, 2.05) is 11.1 Å². The first-order chi connectivity index (χ1) is 9.09. The lowest BCUT2D eigenvalue weighted by molar-refractivity contribution is -0.942. The minimum atomic E-state index is 0.506. The number of hydrogen-bond donors (Lipinski definition) is 0. The second kappa shape index (κ2) is 4.91. The molecule has 19 heavy (non-hydrogen) atoms. The van der Waals surface area contributed by atoms with Crippen LogP contribution in [0, 0.1) is 5.92 Å². The molecule has 3 aliphatic rings. The molecule has 1 heteroatoms. The van der Waals surface area contributed by atoms with Gasteiger partial charge in [0.1, 0.15) is 5.54 Å². The average molecular weight is 262 g/mol. The van der Waals surface area contributed by atoms with E-state index >= 15 is 0 Å². The van der Waals surface area contributed by atoms with Gasteiger partial charge in [-0.3, -0.25) is 0 Å². The van der Waals surface area contributed by atoms with Gasteiger partial charge >= 0.3 is 0 Å². The van der Waals surface area contributed by atoms with Crippen LogP contribution in [0.1, 0.15) is 71.6 Å². The van der Waals surface area contributed by atoms with E-state index in [0.717, 1.165) is 5.92 Å². The van der Waals surface area contributed by atoms with Gasteiger partial charge in [-0.15, -0.1) is 0 Å². The molecule has 2 aliphatic heterocycles. The number of quaternary nitrogens is 1. The Morgan fingerprint density at radius 1 is 1.21 bits per heavy atom. The normalized spacial score (nSPS) is 42.2. The SMILES string of the molecule is CCCC[C@H]1C[C@]2(C)C3=C(CCCC3)CC[N@@+]2(C)C1. The topological polar surface area (TPSA) is 0 Å². The molecule has 0 N–H and O–H groups in total. The molecule has 0 radical (unpaired) electrons. The number of rotatable bonds is 3. The van der Waals surface area contributed by atoms with Crippen molar-refractivity contribution in [1.82, 2.24) is 0 Å². The lowest BCUT2D eigenvalue weighted by Gasteiger charge is -2.51. The Kier molecular flexibility index (Phi) is 3.53. The maximum Gasteiger partial charge on any atom is 0.118 e. The fourth-order valence-electron chi connectivity index (χ4n) is 5.37. The Balaban J connectivity index is 1.86. The van der Waals surface area contributed by atoms with E-state index in [-0.39, 0.29) is 0 Å². The van der Waals surface area contributed by atoms with Crippen molar-refractivity contribution in [3.8, 4) is 0 Å². The van der Waals surface area contributed by atoms with Crippen molar-refractivity contribution >= 4 is 0 Å². The summed E-state index contributed by atoms with van der Waals surface area (Å²) in [4.78, 5) is 0. The highest BCUT2D eigenvalue weighted by Crippen LogP contribution is 2.52. The summed E-state index contributed by atoms with van der Waals surface area (Å²) in [6, 6.07) is 0. The second-order valence-corrected chi connectivity index (χ2v) is 7.83. The van der Waals surface area contributed by atoms with Gasteiger partial charge in [-0.05, 0) is 44.6 Å². The first-order valence-corrected chi connectivity index (χ1v) is 8.65. The van der Waals surface area contributed by atoms with Gasteiger partial charge in [0, 0.05) is 18.8 Å². The predicted octanol–water partition coefficient (Wildman–Crippen LogP) is 4.68. The zero-order valence-electron chi connectivity index (χ0n) is 13.3. The molecule has 0 bridgehead atoms. The van der Waals surface area contributed by atoms with Crippen LogP contribution >= 0.6 is 0 Å². The zero-order valence-corrected chi connectivity index (χ0v) is 13.3. The molecular weight excluding hydrogens is 230 g/mol. The molecule has 1 saturated heterocycles. The molecule has 0 spiro atoms. The fraction of sp³-hybridized carbons (Fsp3) is 0.889. The van der Waals surface area contributed by atoms with E-state index in [1.54, 1.807) is 0 Å². The highest BCUT2D eigenvalue weighted by atomic mass is 15.4. The Labute approximate surface area is 119 Å². The maximum absolute atomic E-state index is 2.61. The number of unbranched alkanes of at least 4 members (excludes halogenated alkanes) is 1. The first kappa shape index (κ1) is 13.7. The molecule has 1 nitrogen and oxygen atoms in total. The van der Waals surface area contributed by atoms with Gasteiger partial charge in [-0.25, -0.2) is 0 Å². The maximum atomic E-state index is 2.61. The Hall–Kier alpha value is -0.300. The third-order valence-electron chi connectivity index (χ3n) is 6.64. The van der Waals surface area contributed by atoms with Crippen molar-refractivity contribution in [2.75, 3.05) is 20.1 Å². The van der Waals surface area contributed by atoms with E-state index in [0.29, 0.717) is 5.54 Å². The van der Waals surface area contributed by atoms with Crippen molar-refractivity contribution < 1.29 is 4.48 Å². The third-order valence-corrected chi connectivity index (χ3v) is 6.64. The summed E-state index contributed by atoms with van der Waals surface area (Å²) in [7, 11) is 2.56. The molecule has 0 aromatic heterocycles. The molecule has 1 fully saturated rings. The summed E-state index contributed by atoms with van der Waals surface area (Å²) < 4.78 is 1.36. The minimum Gasteiger partial charge on any atom is -0.317 e. The lowest BCUT2D eigenvalue weighted by atomic mass is 9.73. The Bertz CT molecular complexity index is 383. The van der Waals surface area contributed by atoms with Crippen LogP contribution in [0.2, 0.25) is 0 Å². The third kappa shape index (κ3) is 2.09. The van der Waals surface area contributed by atoms with Crippen LogP contribution in [0.25, 0.3) is 0 Å². The number of likely N-dealkylation sites (N-methyl/N-ethyl adjacent to an activating group) is 1. The number of nitrogens with zero attached hydrogens (tertiary/aromatic N) is 1. The molecule has 0 unspecified atom stereocenters. The van der Waals surface area contributed by atoms with E-state index in [4.69, 9.17) is 0 Å². The van der Waals surface area contributed by atoms with E-state index in [1.165, 1.54) is 75.4 Å². The largest absolute Gasteiger partial charge is 0.317 e. The van der Waals surface area contributed by atoms with Crippen molar-refractivity contribution in [1.29, 1.82) is 0 Å². The molecule has 2 heterocycles. The van der Waals surface area contributed by atoms with Crippen LogP contribution in [0.5, 0.6) is 0 Å². The second-order valence-electron chi connectivity index (χ2n) is 7.83. The van der Waals surface area contributed by atoms with Crippen LogP contribution in [-0.2, 0) is 0 Å². The van der Waals surface area contributed by atoms with E-state index < -0.39 is 0 Å². The molecule has 0 saturated carbocycles. The highest BCUT2D eigenvalue weighted by Gasteiger charge is 2.56. The molecule has 0 aromatic rings. The molecule has 3 rings (SSSR count). The number of fused-ring (bicyclic) bond motifs is 2. The highest BCUT2D eigenvalue weighted by molar-refractivity contribution is 5.29. The van der Waals surface area contributed by atoms with Gasteiger partial charge in [0.05, 0.1) is 20.1 Å². The Morgan fingerprint density at radius 2 is 2.00 bits per heavy atom. The van der Waals surface area contributed by atoms with Gasteiger partial charge in [-0.1, -0.05) is 25.3 Å². The van der Waals surface area contributed by atoms with E-state index in [2.05, 4.69) is 20.9 Å². The van der Waals surface area contributed by atoms with Crippen molar-refractivity contribution in [3.63, 3.8) is 0 Å². The summed E-state index contributed by atoms with van der Waals surface area (Å²) in [5.41, 5.74) is 4.29. The first-order valence-electron chi connectivity index (χ1n) is 8.65. The summed E-state index contributed by atoms with van der Waals surface area (Å²) in [5, 5.41) is 0. The van der Waals surface area contributed by atoms with Gasteiger partial charge in [-0.2, -0.15) is 0 Å². The quantitative estimate of drug-likeness (QED) is 0.512. The Morgan fingerprint density at radius 3 is 2.79 bits per heavy atom. The standard InChI is InChI=1S/C18H32N/c1-4-5-8-15-13-18(2)17-10-7-6-9-16(17)11-12-19(18,3)14-15/h15H,4-14H2,1-3H3/q+1/t15-,18+,19-/m0/s1. The van der Waals surface area contributed by atoms with Gasteiger partial charge in [0.2, 0.25) is 0 Å². The molecule has 0 amide bonds. The summed E-state index contributed by atoms with van der Waals surface area (Å²) in [5.74, 6) is 0.990. The minimum absolute atomic E-state index is 0.506. The smallest absolute Gasteiger partial charge is 0.118 e. The summed E-state index contributed by atoms with van der Waals surface area (Å²) in [6.45, 7) is 7.81. The van der Waals surface area contributed by atoms with Crippen LogP contribution in [0.15, 0.2) is 11.1 Å². The molecule has 0 aromatic carbocycles. The van der Waals surface area contributed by atoms with Crippen molar-refractivity contribution in [2.45, 2.75) is 77.2 Å². The lowest BCUT2D eigenvalue weighted by Crippen LogP contribution is -2.60. The van der Waals surface area contributed by atoms with Crippen LogP contribution in [0.4, 0.5) is 0 Å². The molecule has 108 valence electrons. The van der Waals surface area contributed by atoms with E-state index in [9.17, 15) is 0 Å². The summed E-state index contributed by atoms with van der Waals surface area (Å²) >= 11 is 0.